The topological polar surface area (TPSA) is 75.7 Å². The standard InChI is InChI=1S/C20H15F4N5O2/c1-27-18-6-14(10-2-3-25-17(4-10)20(22,23)24)26-29(18)15-7-16(28-8-11(30)9-28)13(21)5-12(15)19(27)31/h2-7,11,30H,8-9H2,1H3. The van der Waals surface area contributed by atoms with Crippen LogP contribution in [-0.4, -0.2) is 43.5 Å². The molecule has 5 rings (SSSR count). The number of anilines is 1. The summed E-state index contributed by atoms with van der Waals surface area (Å²) >= 11 is 0. The van der Waals surface area contributed by atoms with Gasteiger partial charge in [0.15, 0.2) is 0 Å². The third kappa shape index (κ3) is 3.03. The van der Waals surface area contributed by atoms with Crippen molar-refractivity contribution >= 4 is 22.2 Å². The molecule has 1 fully saturated rings. The number of benzene rings is 1. The third-order valence-electron chi connectivity index (χ3n) is 5.41. The summed E-state index contributed by atoms with van der Waals surface area (Å²) in [7, 11) is 1.48. The Bertz CT molecular complexity index is 1400. The molecule has 7 nitrogen and oxygen atoms in total. The van der Waals surface area contributed by atoms with E-state index < -0.39 is 29.4 Å². The van der Waals surface area contributed by atoms with E-state index in [1.165, 1.54) is 34.3 Å². The van der Waals surface area contributed by atoms with Gasteiger partial charge in [0, 0.05) is 38.0 Å². The molecule has 0 radical (unpaired) electrons. The lowest BCUT2D eigenvalue weighted by molar-refractivity contribution is -0.141. The number of nitrogens with zero attached hydrogens (tertiary/aromatic N) is 5. The van der Waals surface area contributed by atoms with Crippen LogP contribution < -0.4 is 10.5 Å². The van der Waals surface area contributed by atoms with Gasteiger partial charge in [-0.2, -0.15) is 18.3 Å². The number of aromatic nitrogens is 4. The summed E-state index contributed by atoms with van der Waals surface area (Å²) in [6.45, 7) is 0.524. The second kappa shape index (κ2) is 6.51. The SMILES string of the molecule is Cn1c(=O)c2cc(F)c(N3CC(O)C3)cc2n2nc(-c3ccnc(C(F)(F)F)c3)cc12. The molecule has 1 aromatic carbocycles. The van der Waals surface area contributed by atoms with Crippen molar-refractivity contribution in [2.75, 3.05) is 18.0 Å². The molecule has 0 amide bonds. The van der Waals surface area contributed by atoms with E-state index in [4.69, 9.17) is 0 Å². The minimum Gasteiger partial charge on any atom is -0.389 e. The molecule has 4 aromatic rings. The minimum atomic E-state index is -4.61. The monoisotopic (exact) mass is 433 g/mol. The first kappa shape index (κ1) is 19.5. The highest BCUT2D eigenvalue weighted by atomic mass is 19.4. The van der Waals surface area contributed by atoms with Crippen molar-refractivity contribution in [2.45, 2.75) is 12.3 Å². The molecular formula is C20H15F4N5O2. The molecule has 0 bridgehead atoms. The number of hydrogen-bond acceptors (Lipinski definition) is 5. The number of hydrogen-bond donors (Lipinski definition) is 1. The highest BCUT2D eigenvalue weighted by Gasteiger charge is 2.33. The summed E-state index contributed by atoms with van der Waals surface area (Å²) in [6.07, 6.45) is -4.12. The highest BCUT2D eigenvalue weighted by Crippen LogP contribution is 2.32. The van der Waals surface area contributed by atoms with E-state index in [-0.39, 0.29) is 35.4 Å². The third-order valence-corrected chi connectivity index (χ3v) is 5.41. The number of aliphatic hydroxyl groups excluding tert-OH is 1. The number of halogens is 4. The molecule has 31 heavy (non-hydrogen) atoms. The summed E-state index contributed by atoms with van der Waals surface area (Å²) in [5.41, 5.74) is -0.269. The zero-order chi connectivity index (χ0) is 22.1. The Morgan fingerprint density at radius 3 is 2.58 bits per heavy atom. The van der Waals surface area contributed by atoms with Gasteiger partial charge in [-0.25, -0.2) is 8.91 Å². The molecule has 1 aliphatic heterocycles. The first-order chi connectivity index (χ1) is 14.6. The van der Waals surface area contributed by atoms with Crippen molar-refractivity contribution in [1.29, 1.82) is 0 Å². The second-order valence-electron chi connectivity index (χ2n) is 7.47. The molecule has 3 aromatic heterocycles. The van der Waals surface area contributed by atoms with Crippen LogP contribution >= 0.6 is 0 Å². The van der Waals surface area contributed by atoms with Gasteiger partial charge in [-0.15, -0.1) is 0 Å². The van der Waals surface area contributed by atoms with Gasteiger partial charge in [-0.05, 0) is 24.3 Å². The highest BCUT2D eigenvalue weighted by molar-refractivity contribution is 5.85. The molecule has 1 N–H and O–H groups in total. The summed E-state index contributed by atoms with van der Waals surface area (Å²) in [4.78, 5) is 17.8. The number of alkyl halides is 3. The first-order valence-electron chi connectivity index (χ1n) is 9.32. The van der Waals surface area contributed by atoms with Crippen molar-refractivity contribution in [2.24, 2.45) is 7.05 Å². The molecule has 0 atom stereocenters. The van der Waals surface area contributed by atoms with Crippen LogP contribution in [0.25, 0.3) is 27.8 Å². The number of aryl methyl sites for hydroxylation is 1. The van der Waals surface area contributed by atoms with Gasteiger partial charge >= 0.3 is 6.18 Å². The van der Waals surface area contributed by atoms with Gasteiger partial charge in [-0.1, -0.05) is 0 Å². The van der Waals surface area contributed by atoms with E-state index in [9.17, 15) is 27.5 Å². The largest absolute Gasteiger partial charge is 0.433 e. The molecule has 1 saturated heterocycles. The maximum absolute atomic E-state index is 14.6. The summed E-state index contributed by atoms with van der Waals surface area (Å²) in [5.74, 6) is -0.604. The maximum Gasteiger partial charge on any atom is 0.433 e. The molecule has 1 aliphatic rings. The first-order valence-corrected chi connectivity index (χ1v) is 9.32. The summed E-state index contributed by atoms with van der Waals surface area (Å²) < 4.78 is 56.4. The van der Waals surface area contributed by atoms with Crippen LogP contribution in [0.15, 0.2) is 41.3 Å². The van der Waals surface area contributed by atoms with Crippen LogP contribution in [-0.2, 0) is 13.2 Å². The van der Waals surface area contributed by atoms with Gasteiger partial charge in [0.2, 0.25) is 0 Å². The molecule has 0 unspecified atom stereocenters. The molecule has 0 aliphatic carbocycles. The second-order valence-corrected chi connectivity index (χ2v) is 7.47. The molecule has 4 heterocycles. The fourth-order valence-electron chi connectivity index (χ4n) is 3.75. The van der Waals surface area contributed by atoms with Crippen LogP contribution in [0.5, 0.6) is 0 Å². The predicted octanol–water partition coefficient (Wildman–Crippen LogP) is 2.59. The summed E-state index contributed by atoms with van der Waals surface area (Å²) in [5, 5.41) is 14.0. The predicted molar refractivity (Wildman–Crippen MR) is 104 cm³/mol. The molecule has 0 saturated carbocycles. The normalized spacial score (nSPS) is 15.1. The Hall–Kier alpha value is -3.47. The number of fused-ring (bicyclic) bond motifs is 3. The van der Waals surface area contributed by atoms with Crippen LogP contribution in [0.1, 0.15) is 5.69 Å². The van der Waals surface area contributed by atoms with E-state index >= 15 is 0 Å². The molecule has 160 valence electrons. The van der Waals surface area contributed by atoms with E-state index in [0.717, 1.165) is 18.3 Å². The van der Waals surface area contributed by atoms with Gasteiger partial charge < -0.3 is 10.0 Å². The van der Waals surface area contributed by atoms with Crippen LogP contribution in [0.2, 0.25) is 0 Å². The fourth-order valence-corrected chi connectivity index (χ4v) is 3.75. The van der Waals surface area contributed by atoms with E-state index in [1.54, 1.807) is 4.90 Å². The lowest BCUT2D eigenvalue weighted by Crippen LogP contribution is -2.51. The smallest absolute Gasteiger partial charge is 0.389 e. The maximum atomic E-state index is 14.6. The van der Waals surface area contributed by atoms with Gasteiger partial charge in [0.25, 0.3) is 5.56 Å². The van der Waals surface area contributed by atoms with Crippen LogP contribution in [0.3, 0.4) is 0 Å². The Morgan fingerprint density at radius 2 is 1.90 bits per heavy atom. The van der Waals surface area contributed by atoms with Crippen molar-refractivity contribution in [3.8, 4) is 11.3 Å². The Balaban J connectivity index is 1.74. The summed E-state index contributed by atoms with van der Waals surface area (Å²) in [6, 6.07) is 6.35. The zero-order valence-electron chi connectivity index (χ0n) is 16.1. The van der Waals surface area contributed by atoms with Crippen molar-refractivity contribution in [3.05, 3.63) is 58.4 Å². The van der Waals surface area contributed by atoms with Gasteiger partial charge in [0.1, 0.15) is 17.2 Å². The average Bonchev–Trinajstić information content (AvgIpc) is 3.15. The van der Waals surface area contributed by atoms with Gasteiger partial charge in [0.05, 0.1) is 28.4 Å². The number of pyridine rings is 1. The Labute approximate surface area is 171 Å². The van der Waals surface area contributed by atoms with Crippen molar-refractivity contribution in [3.63, 3.8) is 0 Å². The molecular weight excluding hydrogens is 418 g/mol. The van der Waals surface area contributed by atoms with Crippen molar-refractivity contribution < 1.29 is 22.7 Å². The Kier molecular flexibility index (Phi) is 4.09. The van der Waals surface area contributed by atoms with E-state index in [2.05, 4.69) is 10.1 Å². The number of rotatable bonds is 2. The lowest BCUT2D eigenvalue weighted by Gasteiger charge is -2.38. The van der Waals surface area contributed by atoms with Gasteiger partial charge in [-0.3, -0.25) is 14.3 Å². The average molecular weight is 433 g/mol. The molecule has 11 heteroatoms. The van der Waals surface area contributed by atoms with Crippen LogP contribution in [0, 0.1) is 5.82 Å². The van der Waals surface area contributed by atoms with E-state index in [0.29, 0.717) is 11.2 Å². The molecule has 0 spiro atoms. The van der Waals surface area contributed by atoms with Crippen molar-refractivity contribution in [1.82, 2.24) is 19.2 Å². The number of β-amino-alcohol motifs (C(OH)–C–C–N with tert-alkyl or cyclic N) is 1. The number of aliphatic hydroxyl groups is 1. The fraction of sp³-hybridized carbons (Fsp3) is 0.250. The minimum absolute atomic E-state index is 0.0812. The quantitative estimate of drug-likeness (QED) is 0.492. The Morgan fingerprint density at radius 1 is 1.16 bits per heavy atom. The van der Waals surface area contributed by atoms with E-state index in [1.807, 2.05) is 0 Å². The van der Waals surface area contributed by atoms with Crippen LogP contribution in [0.4, 0.5) is 23.2 Å². The lowest BCUT2D eigenvalue weighted by atomic mass is 10.1. The zero-order valence-corrected chi connectivity index (χ0v) is 16.1.